The molecule has 5 rings (SSSR count). The first-order chi connectivity index (χ1) is 14.9. The number of hydrogen-bond donors (Lipinski definition) is 1. The number of rotatable bonds is 6. The van der Waals surface area contributed by atoms with E-state index in [1.165, 1.54) is 6.26 Å². The first-order valence-electron chi connectivity index (χ1n) is 10.5. The zero-order valence-corrected chi connectivity index (χ0v) is 18.2. The van der Waals surface area contributed by atoms with Crippen LogP contribution in [-0.2, 0) is 16.6 Å². The van der Waals surface area contributed by atoms with Crippen molar-refractivity contribution in [3.8, 4) is 5.69 Å². The maximum Gasteiger partial charge on any atom is 0.229 e. The number of aromatic nitrogens is 3. The Labute approximate surface area is 182 Å². The quantitative estimate of drug-likeness (QED) is 0.637. The average molecular weight is 439 g/mol. The minimum atomic E-state index is -3.29. The topological polar surface area (TPSA) is 83.4 Å². The molecule has 2 aromatic carbocycles. The van der Waals surface area contributed by atoms with Crippen LogP contribution in [0.15, 0.2) is 60.8 Å². The summed E-state index contributed by atoms with van der Waals surface area (Å²) in [6.45, 7) is 2.69. The maximum atomic E-state index is 11.6. The molecular weight excluding hydrogens is 412 g/mol. The van der Waals surface area contributed by atoms with Gasteiger partial charge in [0.15, 0.2) is 0 Å². The molecule has 0 amide bonds. The monoisotopic (exact) mass is 438 g/mol. The zero-order valence-electron chi connectivity index (χ0n) is 17.4. The van der Waals surface area contributed by atoms with E-state index in [9.17, 15) is 8.42 Å². The fraction of sp³-hybridized carbons (Fsp3) is 0.364. The van der Waals surface area contributed by atoms with Crippen molar-refractivity contribution in [2.24, 2.45) is 0 Å². The molecule has 2 bridgehead atoms. The van der Waals surface area contributed by atoms with Gasteiger partial charge < -0.3 is 4.90 Å². The molecule has 0 unspecified atom stereocenters. The van der Waals surface area contributed by atoms with Crippen LogP contribution in [-0.4, -0.2) is 59.7 Å². The molecular formula is C22H26N6O2S. The SMILES string of the molecule is CS(=O)(=O)Nc1cccc(N2[C@@H]3CC[C@H]2CN(Cc2cn(-c4ccccc4)nn2)C3)c1. The second-order valence-corrected chi connectivity index (χ2v) is 10.1. The van der Waals surface area contributed by atoms with Crippen LogP contribution >= 0.6 is 0 Å². The van der Waals surface area contributed by atoms with Crippen molar-refractivity contribution in [3.05, 3.63) is 66.5 Å². The van der Waals surface area contributed by atoms with Crippen molar-refractivity contribution in [2.45, 2.75) is 31.5 Å². The summed E-state index contributed by atoms with van der Waals surface area (Å²) in [6.07, 6.45) is 5.46. The minimum Gasteiger partial charge on any atom is -0.363 e. The van der Waals surface area contributed by atoms with E-state index in [2.05, 4.69) is 30.9 Å². The molecule has 3 aromatic rings. The lowest BCUT2D eigenvalue weighted by atomic mass is 10.1. The van der Waals surface area contributed by atoms with Crippen LogP contribution < -0.4 is 9.62 Å². The summed E-state index contributed by atoms with van der Waals surface area (Å²) in [7, 11) is -3.29. The largest absolute Gasteiger partial charge is 0.363 e. The van der Waals surface area contributed by atoms with E-state index in [0.717, 1.165) is 49.5 Å². The van der Waals surface area contributed by atoms with Gasteiger partial charge in [-0.1, -0.05) is 29.5 Å². The van der Waals surface area contributed by atoms with E-state index in [1.54, 1.807) is 6.07 Å². The van der Waals surface area contributed by atoms with Gasteiger partial charge in [-0.15, -0.1) is 5.10 Å². The average Bonchev–Trinajstić information content (AvgIpc) is 3.30. The lowest BCUT2D eigenvalue weighted by molar-refractivity contribution is 0.209. The van der Waals surface area contributed by atoms with Gasteiger partial charge in [0.05, 0.1) is 29.5 Å². The lowest BCUT2D eigenvalue weighted by Crippen LogP contribution is -2.53. The van der Waals surface area contributed by atoms with Crippen LogP contribution in [0.3, 0.4) is 0 Å². The van der Waals surface area contributed by atoms with Gasteiger partial charge in [0.1, 0.15) is 0 Å². The van der Waals surface area contributed by atoms with Gasteiger partial charge in [-0.2, -0.15) is 0 Å². The third-order valence-electron chi connectivity index (χ3n) is 5.95. The van der Waals surface area contributed by atoms with Crippen LogP contribution in [0, 0.1) is 0 Å². The highest BCUT2D eigenvalue weighted by Gasteiger charge is 2.40. The van der Waals surface area contributed by atoms with Gasteiger partial charge in [-0.3, -0.25) is 9.62 Å². The van der Waals surface area contributed by atoms with Gasteiger partial charge >= 0.3 is 0 Å². The van der Waals surface area contributed by atoms with E-state index < -0.39 is 10.0 Å². The molecule has 0 radical (unpaired) electrons. The van der Waals surface area contributed by atoms with Crippen molar-refractivity contribution < 1.29 is 8.42 Å². The van der Waals surface area contributed by atoms with Crippen molar-refractivity contribution in [1.82, 2.24) is 19.9 Å². The maximum absolute atomic E-state index is 11.6. The van der Waals surface area contributed by atoms with Crippen molar-refractivity contribution in [2.75, 3.05) is 29.0 Å². The first kappa shape index (κ1) is 20.0. The Kier molecular flexibility index (Phi) is 5.15. The van der Waals surface area contributed by atoms with Crippen LogP contribution in [0.2, 0.25) is 0 Å². The molecule has 2 saturated heterocycles. The predicted molar refractivity (Wildman–Crippen MR) is 121 cm³/mol. The summed E-state index contributed by atoms with van der Waals surface area (Å²) in [5.41, 5.74) is 3.67. The van der Waals surface area contributed by atoms with Gasteiger partial charge in [-0.25, -0.2) is 13.1 Å². The molecule has 0 aliphatic carbocycles. The summed E-state index contributed by atoms with van der Waals surface area (Å²) >= 11 is 0. The Balaban J connectivity index is 1.28. The molecule has 8 nitrogen and oxygen atoms in total. The Morgan fingerprint density at radius 2 is 1.71 bits per heavy atom. The number of fused-ring (bicyclic) bond motifs is 2. The van der Waals surface area contributed by atoms with Crippen LogP contribution in [0.25, 0.3) is 5.69 Å². The molecule has 2 aliphatic rings. The molecule has 31 heavy (non-hydrogen) atoms. The first-order valence-corrected chi connectivity index (χ1v) is 12.4. The fourth-order valence-electron chi connectivity index (χ4n) is 4.79. The van der Waals surface area contributed by atoms with Crippen molar-refractivity contribution >= 4 is 21.4 Å². The molecule has 1 aromatic heterocycles. The number of anilines is 2. The number of likely N-dealkylation sites (tertiary alicyclic amines) is 1. The van der Waals surface area contributed by atoms with E-state index in [-0.39, 0.29) is 0 Å². The standard InChI is InChI=1S/C22H26N6O2S/c1-31(29,30)24-17-6-5-9-20(12-17)28-21-10-11-22(28)16-26(15-21)13-18-14-27(25-23-18)19-7-3-2-4-8-19/h2-9,12,14,21-22,24H,10-11,13,15-16H2,1H3/t21-,22+. The molecule has 0 spiro atoms. The lowest BCUT2D eigenvalue weighted by Gasteiger charge is -2.42. The highest BCUT2D eigenvalue weighted by molar-refractivity contribution is 7.92. The second kappa shape index (κ2) is 7.97. The van der Waals surface area contributed by atoms with E-state index in [0.29, 0.717) is 17.8 Å². The van der Waals surface area contributed by atoms with Gasteiger partial charge in [0, 0.05) is 37.4 Å². The molecule has 2 aliphatic heterocycles. The summed E-state index contributed by atoms with van der Waals surface area (Å²) in [6, 6.07) is 18.6. The predicted octanol–water partition coefficient (Wildman–Crippen LogP) is 2.49. The Morgan fingerprint density at radius 1 is 1.00 bits per heavy atom. The Hall–Kier alpha value is -2.91. The number of para-hydroxylation sites is 1. The minimum absolute atomic E-state index is 0.413. The van der Waals surface area contributed by atoms with E-state index >= 15 is 0 Å². The Bertz CT molecular complexity index is 1150. The highest BCUT2D eigenvalue weighted by atomic mass is 32.2. The van der Waals surface area contributed by atoms with Crippen LogP contribution in [0.5, 0.6) is 0 Å². The molecule has 2 atom stereocenters. The van der Waals surface area contributed by atoms with E-state index in [4.69, 9.17) is 0 Å². The Morgan fingerprint density at radius 3 is 2.42 bits per heavy atom. The third kappa shape index (κ3) is 4.42. The third-order valence-corrected chi connectivity index (χ3v) is 6.56. The number of hydrogen-bond acceptors (Lipinski definition) is 6. The van der Waals surface area contributed by atoms with Gasteiger partial charge in [-0.05, 0) is 43.2 Å². The number of sulfonamides is 1. The molecule has 162 valence electrons. The van der Waals surface area contributed by atoms with Crippen molar-refractivity contribution in [1.29, 1.82) is 0 Å². The molecule has 0 saturated carbocycles. The number of nitrogens with zero attached hydrogens (tertiary/aromatic N) is 5. The van der Waals surface area contributed by atoms with Crippen LogP contribution in [0.1, 0.15) is 18.5 Å². The molecule has 2 fully saturated rings. The molecule has 3 heterocycles. The molecule has 1 N–H and O–H groups in total. The van der Waals surface area contributed by atoms with Crippen LogP contribution in [0.4, 0.5) is 11.4 Å². The highest BCUT2D eigenvalue weighted by Crippen LogP contribution is 2.36. The van der Waals surface area contributed by atoms with E-state index in [1.807, 2.05) is 53.3 Å². The second-order valence-electron chi connectivity index (χ2n) is 8.40. The smallest absolute Gasteiger partial charge is 0.229 e. The fourth-order valence-corrected chi connectivity index (χ4v) is 5.35. The normalized spacial score (nSPS) is 21.4. The number of piperazine rings is 1. The summed E-state index contributed by atoms with van der Waals surface area (Å²) < 4.78 is 27.6. The zero-order chi connectivity index (χ0) is 21.4. The number of benzene rings is 2. The summed E-state index contributed by atoms with van der Waals surface area (Å²) in [4.78, 5) is 4.92. The summed E-state index contributed by atoms with van der Waals surface area (Å²) in [5.74, 6) is 0. The van der Waals surface area contributed by atoms with Gasteiger partial charge in [0.2, 0.25) is 10.0 Å². The molecule has 9 heteroatoms. The summed E-state index contributed by atoms with van der Waals surface area (Å²) in [5, 5.41) is 8.65. The number of nitrogens with one attached hydrogen (secondary N) is 1. The van der Waals surface area contributed by atoms with Crippen molar-refractivity contribution in [3.63, 3.8) is 0 Å². The van der Waals surface area contributed by atoms with Gasteiger partial charge in [0.25, 0.3) is 0 Å².